The van der Waals surface area contributed by atoms with Gasteiger partial charge in [-0.3, -0.25) is 4.79 Å². The van der Waals surface area contributed by atoms with Crippen molar-refractivity contribution >= 4 is 29.4 Å². The van der Waals surface area contributed by atoms with Crippen molar-refractivity contribution < 1.29 is 4.79 Å². The molecule has 1 aromatic carbocycles. The normalized spacial score (nSPS) is 19.5. The number of benzene rings is 1. The molecule has 0 saturated carbocycles. The highest BCUT2D eigenvalue weighted by molar-refractivity contribution is 8.16. The highest BCUT2D eigenvalue weighted by atomic mass is 32.2. The van der Waals surface area contributed by atoms with E-state index in [-0.39, 0.29) is 5.91 Å². The van der Waals surface area contributed by atoms with Crippen molar-refractivity contribution in [3.05, 3.63) is 47.0 Å². The van der Waals surface area contributed by atoms with E-state index in [0.717, 1.165) is 25.1 Å². The molecule has 1 fully saturated rings. The Morgan fingerprint density at radius 2 is 2.00 bits per heavy atom. The molecule has 0 unspecified atom stereocenters. The van der Waals surface area contributed by atoms with Gasteiger partial charge < -0.3 is 10.6 Å². The lowest BCUT2D eigenvalue weighted by molar-refractivity contribution is 0.0956. The van der Waals surface area contributed by atoms with Gasteiger partial charge in [0.1, 0.15) is 0 Å². The van der Waals surface area contributed by atoms with Gasteiger partial charge in [0.05, 0.1) is 4.58 Å². The van der Waals surface area contributed by atoms with E-state index in [1.807, 2.05) is 35.7 Å². The Bertz CT molecular complexity index is 536. The second-order valence-electron chi connectivity index (χ2n) is 5.55. The molecule has 22 heavy (non-hydrogen) atoms. The fourth-order valence-electron chi connectivity index (χ4n) is 2.60. The van der Waals surface area contributed by atoms with Gasteiger partial charge >= 0.3 is 0 Å². The van der Waals surface area contributed by atoms with Gasteiger partial charge in [0.25, 0.3) is 5.91 Å². The second kappa shape index (κ2) is 8.09. The van der Waals surface area contributed by atoms with Gasteiger partial charge in [-0.2, -0.15) is 0 Å². The number of carbonyl (C=O) groups is 1. The van der Waals surface area contributed by atoms with Crippen LogP contribution >= 0.6 is 23.5 Å². The lowest BCUT2D eigenvalue weighted by Crippen LogP contribution is -2.29. The summed E-state index contributed by atoms with van der Waals surface area (Å²) < 4.78 is 0.533. The van der Waals surface area contributed by atoms with E-state index >= 15 is 0 Å². The highest BCUT2D eigenvalue weighted by Crippen LogP contribution is 2.43. The number of carbonyl (C=O) groups excluding carboxylic acids is 1. The van der Waals surface area contributed by atoms with E-state index in [1.54, 1.807) is 0 Å². The minimum atomic E-state index is 0.0231. The van der Waals surface area contributed by atoms with E-state index < -0.39 is 0 Å². The van der Waals surface area contributed by atoms with Crippen LogP contribution in [0.1, 0.15) is 33.3 Å². The second-order valence-corrected chi connectivity index (χ2v) is 8.27. The maximum absolute atomic E-state index is 12.2. The fraction of sp³-hybridized carbons (Fsp3) is 0.471. The summed E-state index contributed by atoms with van der Waals surface area (Å²) in [5.74, 6) is 2.50. The maximum Gasteiger partial charge on any atom is 0.251 e. The Balaban J connectivity index is 1.55. The van der Waals surface area contributed by atoms with Crippen LogP contribution in [0, 0.1) is 0 Å². The van der Waals surface area contributed by atoms with Crippen LogP contribution in [0.4, 0.5) is 0 Å². The molecule has 0 radical (unpaired) electrons. The van der Waals surface area contributed by atoms with Crippen molar-refractivity contribution in [1.29, 1.82) is 0 Å². The Morgan fingerprint density at radius 1 is 1.23 bits per heavy atom. The van der Waals surface area contributed by atoms with Crippen LogP contribution in [0.5, 0.6) is 0 Å². The third-order valence-corrected chi connectivity index (χ3v) is 6.92. The molecule has 0 spiro atoms. The topological polar surface area (TPSA) is 41.1 Å². The zero-order chi connectivity index (χ0) is 15.2. The molecule has 1 amide bonds. The molecule has 2 aliphatic rings. The maximum atomic E-state index is 12.2. The summed E-state index contributed by atoms with van der Waals surface area (Å²) in [7, 11) is 0. The van der Waals surface area contributed by atoms with Crippen LogP contribution in [-0.2, 0) is 0 Å². The first-order valence-corrected chi connectivity index (χ1v) is 9.93. The zero-order valence-corrected chi connectivity index (χ0v) is 14.3. The molecule has 5 heteroatoms. The van der Waals surface area contributed by atoms with E-state index in [2.05, 4.69) is 28.8 Å². The number of hydrogen-bond donors (Lipinski definition) is 2. The van der Waals surface area contributed by atoms with Gasteiger partial charge in [0, 0.05) is 18.7 Å². The van der Waals surface area contributed by atoms with Crippen molar-refractivity contribution in [2.24, 2.45) is 0 Å². The van der Waals surface area contributed by atoms with Gasteiger partial charge in [0.15, 0.2) is 0 Å². The molecule has 2 N–H and O–H groups in total. The first-order chi connectivity index (χ1) is 10.8. The van der Waals surface area contributed by atoms with E-state index in [9.17, 15) is 4.79 Å². The largest absolute Gasteiger partial charge is 0.348 e. The number of rotatable bonds is 4. The van der Waals surface area contributed by atoms with Crippen LogP contribution in [0.15, 0.2) is 35.9 Å². The molecule has 118 valence electrons. The first-order valence-electron chi connectivity index (χ1n) is 7.83. The first kappa shape index (κ1) is 16.0. The molecule has 2 aliphatic heterocycles. The Hall–Kier alpha value is -0.910. The number of thioether (sulfide) groups is 2. The molecule has 0 aromatic heterocycles. The predicted octanol–water partition coefficient (Wildman–Crippen LogP) is 3.20. The van der Waals surface area contributed by atoms with Crippen molar-refractivity contribution in [2.75, 3.05) is 31.1 Å². The van der Waals surface area contributed by atoms with Gasteiger partial charge in [0.2, 0.25) is 0 Å². The van der Waals surface area contributed by atoms with Crippen LogP contribution in [0.25, 0.3) is 0 Å². The van der Waals surface area contributed by atoms with Crippen LogP contribution in [-0.4, -0.2) is 37.0 Å². The molecular formula is C17H22N2OS2. The monoisotopic (exact) mass is 334 g/mol. The molecule has 1 aromatic rings. The minimum Gasteiger partial charge on any atom is -0.348 e. The van der Waals surface area contributed by atoms with Crippen molar-refractivity contribution in [3.8, 4) is 0 Å². The molecule has 3 rings (SSSR count). The average molecular weight is 335 g/mol. The quantitative estimate of drug-likeness (QED) is 0.830. The Labute approximate surface area is 140 Å². The van der Waals surface area contributed by atoms with E-state index in [0.29, 0.717) is 11.1 Å². The Morgan fingerprint density at radius 3 is 2.68 bits per heavy atom. The standard InChI is InChI=1S/C17H22N2OS2/c20-16(19-12-13-6-8-18-9-7-13)14-2-4-15(5-3-14)17-21-10-1-11-22-17/h2-6,17-18H,1,7-12H2,(H,19,20). The molecule has 0 aliphatic carbocycles. The van der Waals surface area contributed by atoms with E-state index in [4.69, 9.17) is 0 Å². The molecular weight excluding hydrogens is 312 g/mol. The molecule has 1 saturated heterocycles. The predicted molar refractivity (Wildman–Crippen MR) is 96.6 cm³/mol. The molecule has 0 bridgehead atoms. The van der Waals surface area contributed by atoms with Crippen LogP contribution in [0.3, 0.4) is 0 Å². The molecule has 2 heterocycles. The van der Waals surface area contributed by atoms with E-state index in [1.165, 1.54) is 29.1 Å². The van der Waals surface area contributed by atoms with Gasteiger partial charge in [-0.05, 0) is 48.6 Å². The third-order valence-electron chi connectivity index (χ3n) is 3.91. The van der Waals surface area contributed by atoms with Crippen molar-refractivity contribution in [1.82, 2.24) is 10.6 Å². The highest BCUT2D eigenvalue weighted by Gasteiger charge is 2.17. The smallest absolute Gasteiger partial charge is 0.251 e. The minimum absolute atomic E-state index is 0.0231. The lowest BCUT2D eigenvalue weighted by atomic mass is 10.1. The third kappa shape index (κ3) is 4.31. The van der Waals surface area contributed by atoms with Gasteiger partial charge in [-0.1, -0.05) is 23.8 Å². The summed E-state index contributed by atoms with van der Waals surface area (Å²) in [5, 5.41) is 6.30. The van der Waals surface area contributed by atoms with Crippen molar-refractivity contribution in [2.45, 2.75) is 17.4 Å². The molecule has 0 atom stereocenters. The SMILES string of the molecule is O=C(NCC1=CCNCC1)c1ccc(C2SCCCS2)cc1. The number of nitrogens with one attached hydrogen (secondary N) is 2. The number of hydrogen-bond acceptors (Lipinski definition) is 4. The summed E-state index contributed by atoms with van der Waals surface area (Å²) >= 11 is 4.02. The summed E-state index contributed by atoms with van der Waals surface area (Å²) in [4.78, 5) is 12.2. The fourth-order valence-corrected chi connectivity index (χ4v) is 5.49. The molecule has 3 nitrogen and oxygen atoms in total. The Kier molecular flexibility index (Phi) is 5.87. The summed E-state index contributed by atoms with van der Waals surface area (Å²) in [6.07, 6.45) is 4.50. The van der Waals surface area contributed by atoms with Crippen LogP contribution in [0.2, 0.25) is 0 Å². The average Bonchev–Trinajstić information content (AvgIpc) is 2.61. The summed E-state index contributed by atoms with van der Waals surface area (Å²) in [5.41, 5.74) is 3.40. The zero-order valence-electron chi connectivity index (χ0n) is 12.6. The summed E-state index contributed by atoms with van der Waals surface area (Å²) in [6, 6.07) is 8.12. The van der Waals surface area contributed by atoms with Crippen LogP contribution < -0.4 is 10.6 Å². The van der Waals surface area contributed by atoms with Gasteiger partial charge in [-0.15, -0.1) is 23.5 Å². The number of amides is 1. The van der Waals surface area contributed by atoms with Gasteiger partial charge in [-0.25, -0.2) is 0 Å². The summed E-state index contributed by atoms with van der Waals surface area (Å²) in [6.45, 7) is 2.58. The lowest BCUT2D eigenvalue weighted by Gasteiger charge is -2.21. The van der Waals surface area contributed by atoms with Crippen molar-refractivity contribution in [3.63, 3.8) is 0 Å².